The van der Waals surface area contributed by atoms with Gasteiger partial charge in [0.15, 0.2) is 5.60 Å². The molecule has 2 saturated heterocycles. The molecule has 0 bridgehead atoms. The van der Waals surface area contributed by atoms with Crippen LogP contribution in [0.1, 0.15) is 70.4 Å². The highest BCUT2D eigenvalue weighted by molar-refractivity contribution is 5.95. The van der Waals surface area contributed by atoms with Crippen molar-refractivity contribution in [3.8, 4) is 0 Å². The summed E-state index contributed by atoms with van der Waals surface area (Å²) in [6.07, 6.45) is 9.85. The smallest absolute Gasteiger partial charge is 0.338 e. The van der Waals surface area contributed by atoms with Gasteiger partial charge in [-0.2, -0.15) is 0 Å². The molecule has 2 saturated carbocycles. The first-order chi connectivity index (χ1) is 22.2. The fraction of sp³-hybridized carbons (Fsp3) is 0.500. The minimum Gasteiger partial charge on any atom is -0.457 e. The first kappa shape index (κ1) is 32.2. The van der Waals surface area contributed by atoms with E-state index in [1.807, 2.05) is 42.5 Å². The van der Waals surface area contributed by atoms with Gasteiger partial charge in [-0.1, -0.05) is 86.7 Å². The van der Waals surface area contributed by atoms with E-state index in [1.165, 1.54) is 18.1 Å². The highest BCUT2D eigenvalue weighted by Gasteiger charge is 2.65. The van der Waals surface area contributed by atoms with Gasteiger partial charge in [0.1, 0.15) is 12.2 Å². The van der Waals surface area contributed by atoms with Gasteiger partial charge >= 0.3 is 17.9 Å². The van der Waals surface area contributed by atoms with Gasteiger partial charge in [-0.25, -0.2) is 9.59 Å². The molecule has 244 valence electrons. The number of carbonyl (C=O) groups excluding carboxylic acids is 3. The maximum absolute atomic E-state index is 12.2. The van der Waals surface area contributed by atoms with Crippen molar-refractivity contribution >= 4 is 17.9 Å². The zero-order chi connectivity index (χ0) is 32.5. The van der Waals surface area contributed by atoms with Crippen LogP contribution in [0.15, 0.2) is 84.0 Å². The second-order valence-electron chi connectivity index (χ2n) is 13.7. The summed E-state index contributed by atoms with van der Waals surface area (Å²) in [4.78, 5) is 35.4. The zero-order valence-corrected chi connectivity index (χ0v) is 27.1. The quantitative estimate of drug-likeness (QED) is 0.328. The molecular formula is C38H46N2O6. The number of nitrogens with one attached hydrogen (secondary N) is 1. The monoisotopic (exact) mass is 626 g/mol. The van der Waals surface area contributed by atoms with Gasteiger partial charge in [0.25, 0.3) is 0 Å². The molecule has 0 spiro atoms. The molecule has 8 nitrogen and oxygen atoms in total. The molecule has 0 radical (unpaired) electrons. The third kappa shape index (κ3) is 5.82. The molecule has 4 fully saturated rings. The van der Waals surface area contributed by atoms with Crippen LogP contribution in [0.3, 0.4) is 0 Å². The fourth-order valence-corrected chi connectivity index (χ4v) is 8.77. The Kier molecular flexibility index (Phi) is 9.22. The molecule has 1 unspecified atom stereocenters. The summed E-state index contributed by atoms with van der Waals surface area (Å²) in [5.41, 5.74) is 8.26. The van der Waals surface area contributed by atoms with E-state index < -0.39 is 5.60 Å². The lowest BCUT2D eigenvalue weighted by molar-refractivity contribution is -0.164. The Morgan fingerprint density at radius 2 is 1.35 bits per heavy atom. The van der Waals surface area contributed by atoms with E-state index in [0.29, 0.717) is 29.9 Å². The van der Waals surface area contributed by atoms with Crippen LogP contribution in [0.5, 0.6) is 0 Å². The van der Waals surface area contributed by atoms with Gasteiger partial charge in [0.2, 0.25) is 0 Å². The number of hydrogen-bond donors (Lipinski definition) is 2. The van der Waals surface area contributed by atoms with Crippen LogP contribution in [-0.2, 0) is 41.7 Å². The first-order valence-electron chi connectivity index (χ1n) is 16.8. The summed E-state index contributed by atoms with van der Waals surface area (Å²) in [7, 11) is 0. The number of nitrogens with two attached hydrogens (primary N) is 1. The molecule has 2 aromatic carbocycles. The molecule has 4 aliphatic carbocycles. The van der Waals surface area contributed by atoms with Gasteiger partial charge in [-0.15, -0.1) is 0 Å². The number of hydrogen-bond acceptors (Lipinski definition) is 8. The second-order valence-corrected chi connectivity index (χ2v) is 13.7. The number of rotatable bonds is 5. The number of esters is 3. The third-order valence-electron chi connectivity index (χ3n) is 10.6. The second kappa shape index (κ2) is 13.2. The van der Waals surface area contributed by atoms with Crippen molar-refractivity contribution in [1.82, 2.24) is 5.32 Å². The van der Waals surface area contributed by atoms with Gasteiger partial charge in [0, 0.05) is 25.9 Å². The summed E-state index contributed by atoms with van der Waals surface area (Å²) < 4.78 is 16.6. The number of carbonyl (C=O) groups is 3. The Balaban J connectivity index is 0.000000133. The lowest BCUT2D eigenvalue weighted by Gasteiger charge is -2.39. The Morgan fingerprint density at radius 3 is 1.98 bits per heavy atom. The minimum absolute atomic E-state index is 0.0254. The van der Waals surface area contributed by atoms with Crippen molar-refractivity contribution in [2.24, 2.45) is 29.4 Å². The van der Waals surface area contributed by atoms with Gasteiger partial charge in [-0.3, -0.25) is 10.1 Å². The minimum atomic E-state index is -0.768. The van der Waals surface area contributed by atoms with E-state index in [-0.39, 0.29) is 41.6 Å². The Labute approximate surface area is 271 Å². The van der Waals surface area contributed by atoms with Crippen LogP contribution in [0.2, 0.25) is 0 Å². The first-order valence-corrected chi connectivity index (χ1v) is 16.8. The summed E-state index contributed by atoms with van der Waals surface area (Å²) in [6, 6.07) is 20.4. The van der Waals surface area contributed by atoms with Gasteiger partial charge in [-0.05, 0) is 67.4 Å². The standard InChI is InChI=1S/C18H21NO2.C13H16O4.C7H9N/c1-12-9-14-7-8-16-18(14,15(10-12)17(20)21-16)19-11-13-5-3-2-4-6-13;1-7-5-9-3-4-11-13(9,17-8(2)14)10(6-7)12(15)16-11;8-6-7-4-2-1-3-5-7/h2-6,10,12,14,16,19H,7-9,11H2,1H3;6-7,9,11H,3-5H2,1-2H3;1-5H,6,8H2/t12-,14?,16+,18-;7-,9+,11+,13-;/m00./s1. The van der Waals surface area contributed by atoms with Crippen molar-refractivity contribution in [3.05, 3.63) is 95.1 Å². The van der Waals surface area contributed by atoms with Crippen LogP contribution in [-0.4, -0.2) is 41.3 Å². The van der Waals surface area contributed by atoms with Crippen LogP contribution in [0, 0.1) is 23.7 Å². The van der Waals surface area contributed by atoms with Crippen LogP contribution in [0.25, 0.3) is 0 Å². The fourth-order valence-electron chi connectivity index (χ4n) is 8.77. The molecular weight excluding hydrogens is 580 g/mol. The summed E-state index contributed by atoms with van der Waals surface area (Å²) >= 11 is 0. The lowest BCUT2D eigenvalue weighted by Crippen LogP contribution is -2.55. The molecule has 8 atom stereocenters. The normalized spacial score (nSPS) is 34.3. The number of ether oxygens (including phenoxy) is 3. The van der Waals surface area contributed by atoms with E-state index in [9.17, 15) is 14.4 Å². The van der Waals surface area contributed by atoms with E-state index >= 15 is 0 Å². The number of allylic oxidation sites excluding steroid dienone is 2. The summed E-state index contributed by atoms with van der Waals surface area (Å²) in [5.74, 6) is 0.847. The Hall–Kier alpha value is -3.75. The van der Waals surface area contributed by atoms with E-state index in [0.717, 1.165) is 50.6 Å². The largest absolute Gasteiger partial charge is 0.457 e. The van der Waals surface area contributed by atoms with Crippen LogP contribution in [0.4, 0.5) is 0 Å². The molecule has 2 aliphatic heterocycles. The molecule has 8 heteroatoms. The number of benzene rings is 2. The zero-order valence-electron chi connectivity index (χ0n) is 27.1. The van der Waals surface area contributed by atoms with Gasteiger partial charge < -0.3 is 19.9 Å². The van der Waals surface area contributed by atoms with E-state index in [1.54, 1.807) is 0 Å². The third-order valence-corrected chi connectivity index (χ3v) is 10.6. The summed E-state index contributed by atoms with van der Waals surface area (Å²) in [6.45, 7) is 7.11. The van der Waals surface area contributed by atoms with Crippen molar-refractivity contribution < 1.29 is 28.6 Å². The maximum atomic E-state index is 12.2. The predicted octanol–water partition coefficient (Wildman–Crippen LogP) is 5.55. The molecule has 46 heavy (non-hydrogen) atoms. The highest BCUT2D eigenvalue weighted by Crippen LogP contribution is 2.55. The van der Waals surface area contributed by atoms with Crippen molar-refractivity contribution in [2.45, 2.75) is 95.7 Å². The Morgan fingerprint density at radius 1 is 0.804 bits per heavy atom. The van der Waals surface area contributed by atoms with E-state index in [2.05, 4.69) is 49.5 Å². The van der Waals surface area contributed by atoms with Crippen LogP contribution >= 0.6 is 0 Å². The molecule has 2 aromatic rings. The average Bonchev–Trinajstić information content (AvgIpc) is 3.74. The van der Waals surface area contributed by atoms with Crippen molar-refractivity contribution in [3.63, 3.8) is 0 Å². The molecule has 3 N–H and O–H groups in total. The van der Waals surface area contributed by atoms with Gasteiger partial charge in [0.05, 0.1) is 16.7 Å². The maximum Gasteiger partial charge on any atom is 0.338 e. The molecule has 0 aromatic heterocycles. The highest BCUT2D eigenvalue weighted by atomic mass is 16.6. The topological polar surface area (TPSA) is 117 Å². The van der Waals surface area contributed by atoms with Crippen molar-refractivity contribution in [2.75, 3.05) is 0 Å². The summed E-state index contributed by atoms with van der Waals surface area (Å²) in [5, 5.41) is 3.71. The molecule has 2 heterocycles. The predicted molar refractivity (Wildman–Crippen MR) is 174 cm³/mol. The molecule has 8 rings (SSSR count). The van der Waals surface area contributed by atoms with Crippen molar-refractivity contribution in [1.29, 1.82) is 0 Å². The average molecular weight is 627 g/mol. The lowest BCUT2D eigenvalue weighted by atomic mass is 9.71. The van der Waals surface area contributed by atoms with Crippen LogP contribution < -0.4 is 11.1 Å². The molecule has 0 amide bonds. The molecule has 6 aliphatic rings. The Bertz CT molecular complexity index is 1510. The SMILES string of the molecule is CC(=O)O[C@]12C3=C[C@@H](C)C[C@H]1CC[C@H]2OC3=O.C[C@@H]1C=C2C(=O)O[C@@H]3CCC(C1)[C@]23NCc1ccccc1.NCc1ccccc1. The van der Waals surface area contributed by atoms with E-state index in [4.69, 9.17) is 19.9 Å².